The Morgan fingerprint density at radius 2 is 1.88 bits per heavy atom. The molecule has 0 aliphatic heterocycles. The summed E-state index contributed by atoms with van der Waals surface area (Å²) in [4.78, 5) is 14.8. The van der Waals surface area contributed by atoms with Gasteiger partial charge in [-0.2, -0.15) is 0 Å². The number of rotatable bonds is 5. The van der Waals surface area contributed by atoms with E-state index in [-0.39, 0.29) is 5.91 Å². The first-order valence-corrected chi connectivity index (χ1v) is 9.23. The first-order valence-electron chi connectivity index (χ1n) is 9.23. The van der Waals surface area contributed by atoms with Crippen molar-refractivity contribution in [2.45, 2.75) is 45.1 Å². The number of nitrogens with zero attached hydrogens (tertiary/aromatic N) is 1. The average Bonchev–Trinajstić information content (AvgIpc) is 2.61. The summed E-state index contributed by atoms with van der Waals surface area (Å²) in [7, 11) is 2.06. The Morgan fingerprint density at radius 3 is 2.68 bits per heavy atom. The zero-order chi connectivity index (χ0) is 17.8. The van der Waals surface area contributed by atoms with Gasteiger partial charge in [-0.3, -0.25) is 9.69 Å². The van der Waals surface area contributed by atoms with Gasteiger partial charge in [0, 0.05) is 11.7 Å². The van der Waals surface area contributed by atoms with Crippen LogP contribution in [0.2, 0.25) is 0 Å². The van der Waals surface area contributed by atoms with E-state index < -0.39 is 0 Å². The van der Waals surface area contributed by atoms with Crippen molar-refractivity contribution < 1.29 is 4.79 Å². The van der Waals surface area contributed by atoms with Gasteiger partial charge in [0.15, 0.2) is 0 Å². The highest BCUT2D eigenvalue weighted by molar-refractivity contribution is 5.93. The molecule has 3 nitrogen and oxygen atoms in total. The molecule has 25 heavy (non-hydrogen) atoms. The second kappa shape index (κ2) is 7.83. The number of carbonyl (C=O) groups excluding carboxylic acids is 1. The van der Waals surface area contributed by atoms with Gasteiger partial charge in [-0.15, -0.1) is 0 Å². The normalized spacial score (nSPS) is 16.8. The summed E-state index contributed by atoms with van der Waals surface area (Å²) in [6, 6.07) is 17.0. The molecule has 1 N–H and O–H groups in total. The van der Waals surface area contributed by atoms with Crippen molar-refractivity contribution in [3.8, 4) is 0 Å². The average molecular weight is 336 g/mol. The van der Waals surface area contributed by atoms with Gasteiger partial charge in [-0.25, -0.2) is 0 Å². The lowest BCUT2D eigenvalue weighted by Gasteiger charge is -2.33. The summed E-state index contributed by atoms with van der Waals surface area (Å²) < 4.78 is 0. The molecular formula is C22H28N2O. The Labute approximate surface area is 151 Å². The van der Waals surface area contributed by atoms with E-state index in [9.17, 15) is 4.79 Å². The fraction of sp³-hybridized carbons (Fsp3) is 0.409. The third kappa shape index (κ3) is 4.10. The number of benzene rings is 2. The van der Waals surface area contributed by atoms with Crippen molar-refractivity contribution >= 4 is 11.6 Å². The second-order valence-corrected chi connectivity index (χ2v) is 7.31. The van der Waals surface area contributed by atoms with E-state index in [0.717, 1.165) is 18.5 Å². The van der Waals surface area contributed by atoms with Gasteiger partial charge in [0.1, 0.15) is 0 Å². The maximum Gasteiger partial charge on any atom is 0.238 e. The molecule has 3 heteroatoms. The summed E-state index contributed by atoms with van der Waals surface area (Å²) in [5.41, 5.74) is 4.92. The minimum absolute atomic E-state index is 0.0543. The lowest BCUT2D eigenvalue weighted by Crippen LogP contribution is -2.35. The number of aryl methyl sites for hydroxylation is 1. The highest BCUT2D eigenvalue weighted by Crippen LogP contribution is 2.33. The van der Waals surface area contributed by atoms with Crippen LogP contribution in [0, 0.1) is 0 Å². The molecule has 3 rings (SSSR count). The van der Waals surface area contributed by atoms with Crippen LogP contribution in [0.1, 0.15) is 55.3 Å². The van der Waals surface area contributed by atoms with Crippen molar-refractivity contribution in [3.63, 3.8) is 0 Å². The Kier molecular flexibility index (Phi) is 5.54. The Balaban J connectivity index is 1.68. The predicted molar refractivity (Wildman–Crippen MR) is 104 cm³/mol. The molecular weight excluding hydrogens is 308 g/mol. The highest BCUT2D eigenvalue weighted by atomic mass is 16.2. The number of nitrogens with one attached hydrogen (secondary N) is 1. The zero-order valence-electron chi connectivity index (χ0n) is 15.5. The molecule has 1 unspecified atom stereocenters. The molecule has 0 saturated heterocycles. The lowest BCUT2D eigenvalue weighted by molar-refractivity contribution is -0.117. The van der Waals surface area contributed by atoms with Gasteiger partial charge in [0.05, 0.1) is 6.54 Å². The Bertz CT molecular complexity index is 738. The third-order valence-corrected chi connectivity index (χ3v) is 5.12. The molecule has 0 saturated carbocycles. The fourth-order valence-electron chi connectivity index (χ4n) is 3.83. The van der Waals surface area contributed by atoms with Crippen LogP contribution in [-0.4, -0.2) is 24.4 Å². The minimum atomic E-state index is 0.0543. The van der Waals surface area contributed by atoms with Crippen LogP contribution in [0.5, 0.6) is 0 Å². The molecule has 0 heterocycles. The number of para-hydroxylation sites is 1. The first kappa shape index (κ1) is 17.7. The van der Waals surface area contributed by atoms with Gasteiger partial charge >= 0.3 is 0 Å². The van der Waals surface area contributed by atoms with E-state index >= 15 is 0 Å². The molecule has 1 aliphatic rings. The maximum atomic E-state index is 12.6. The summed E-state index contributed by atoms with van der Waals surface area (Å²) >= 11 is 0. The number of carbonyl (C=O) groups is 1. The maximum absolute atomic E-state index is 12.6. The summed E-state index contributed by atoms with van der Waals surface area (Å²) in [5, 5.41) is 3.11. The first-order chi connectivity index (χ1) is 12.1. The van der Waals surface area contributed by atoms with Gasteiger partial charge in [-0.05, 0) is 55.0 Å². The van der Waals surface area contributed by atoms with E-state index in [1.807, 2.05) is 18.2 Å². The number of amides is 1. The van der Waals surface area contributed by atoms with Crippen LogP contribution in [-0.2, 0) is 11.2 Å². The quantitative estimate of drug-likeness (QED) is 0.854. The molecule has 0 fully saturated rings. The molecule has 0 aromatic heterocycles. The Morgan fingerprint density at radius 1 is 1.16 bits per heavy atom. The number of anilines is 1. The number of likely N-dealkylation sites (N-methyl/N-ethyl adjacent to an activating group) is 1. The number of hydrogen-bond donors (Lipinski definition) is 1. The Hall–Kier alpha value is -2.13. The van der Waals surface area contributed by atoms with Crippen molar-refractivity contribution in [1.29, 1.82) is 0 Å². The smallest absolute Gasteiger partial charge is 0.238 e. The summed E-state index contributed by atoms with van der Waals surface area (Å²) in [6.45, 7) is 4.71. The van der Waals surface area contributed by atoms with Crippen LogP contribution < -0.4 is 5.32 Å². The molecule has 0 radical (unpaired) electrons. The molecule has 1 atom stereocenters. The monoisotopic (exact) mass is 336 g/mol. The van der Waals surface area contributed by atoms with E-state index in [1.54, 1.807) is 0 Å². The summed E-state index contributed by atoms with van der Waals surface area (Å²) in [6.07, 6.45) is 3.45. The van der Waals surface area contributed by atoms with Crippen molar-refractivity contribution in [2.24, 2.45) is 0 Å². The zero-order valence-corrected chi connectivity index (χ0v) is 15.5. The predicted octanol–water partition coefficient (Wildman–Crippen LogP) is 4.76. The number of fused-ring (bicyclic) bond motifs is 1. The second-order valence-electron chi connectivity index (χ2n) is 7.31. The fourth-order valence-corrected chi connectivity index (χ4v) is 3.83. The number of hydrogen-bond acceptors (Lipinski definition) is 2. The van der Waals surface area contributed by atoms with Crippen LogP contribution in [0.4, 0.5) is 5.69 Å². The van der Waals surface area contributed by atoms with E-state index in [2.05, 4.69) is 61.4 Å². The molecule has 1 amide bonds. The van der Waals surface area contributed by atoms with Crippen LogP contribution >= 0.6 is 0 Å². The van der Waals surface area contributed by atoms with Gasteiger partial charge < -0.3 is 5.32 Å². The SMILES string of the molecule is CC(C)c1ccccc1NC(=O)CN(C)C1CCCc2ccccc21. The van der Waals surface area contributed by atoms with E-state index in [1.165, 1.54) is 23.1 Å². The highest BCUT2D eigenvalue weighted by Gasteiger charge is 2.24. The van der Waals surface area contributed by atoms with Crippen LogP contribution in [0.15, 0.2) is 48.5 Å². The van der Waals surface area contributed by atoms with Crippen molar-refractivity contribution in [2.75, 3.05) is 18.9 Å². The van der Waals surface area contributed by atoms with E-state index in [4.69, 9.17) is 0 Å². The van der Waals surface area contributed by atoms with Crippen molar-refractivity contribution in [1.82, 2.24) is 4.90 Å². The van der Waals surface area contributed by atoms with Crippen molar-refractivity contribution in [3.05, 3.63) is 65.2 Å². The summed E-state index contributed by atoms with van der Waals surface area (Å²) in [5.74, 6) is 0.443. The third-order valence-electron chi connectivity index (χ3n) is 5.12. The molecule has 2 aromatic carbocycles. The van der Waals surface area contributed by atoms with Gasteiger partial charge in [-0.1, -0.05) is 56.3 Å². The van der Waals surface area contributed by atoms with Crippen LogP contribution in [0.3, 0.4) is 0 Å². The lowest BCUT2D eigenvalue weighted by atomic mass is 9.87. The van der Waals surface area contributed by atoms with Gasteiger partial charge in [0.2, 0.25) is 5.91 Å². The molecule has 2 aromatic rings. The molecule has 1 aliphatic carbocycles. The molecule has 0 spiro atoms. The molecule has 0 bridgehead atoms. The molecule has 132 valence electrons. The largest absolute Gasteiger partial charge is 0.325 e. The van der Waals surface area contributed by atoms with Gasteiger partial charge in [0.25, 0.3) is 0 Å². The van der Waals surface area contributed by atoms with Crippen LogP contribution in [0.25, 0.3) is 0 Å². The minimum Gasteiger partial charge on any atom is -0.325 e. The topological polar surface area (TPSA) is 32.3 Å². The van der Waals surface area contributed by atoms with E-state index in [0.29, 0.717) is 18.5 Å². The standard InChI is InChI=1S/C22H28N2O/c1-16(2)18-11-6-7-13-20(18)23-22(25)15-24(3)21-14-8-10-17-9-4-5-12-19(17)21/h4-7,9,11-13,16,21H,8,10,14-15H2,1-3H3,(H,23,25).